The van der Waals surface area contributed by atoms with Gasteiger partial charge in [0.1, 0.15) is 12.1 Å². The van der Waals surface area contributed by atoms with Crippen molar-refractivity contribution in [3.8, 4) is 0 Å². The lowest BCUT2D eigenvalue weighted by molar-refractivity contribution is 0.0444. The molecule has 0 aliphatic carbocycles. The number of hydrogen-bond acceptors (Lipinski definition) is 4. The third kappa shape index (κ3) is 1.71. The van der Waals surface area contributed by atoms with Crippen molar-refractivity contribution in [2.24, 2.45) is 0 Å². The van der Waals surface area contributed by atoms with Crippen LogP contribution in [0.5, 0.6) is 0 Å². The molecule has 3 heterocycles. The van der Waals surface area contributed by atoms with Crippen LogP contribution >= 0.6 is 0 Å². The van der Waals surface area contributed by atoms with Gasteiger partial charge in [0.2, 0.25) is 0 Å². The van der Waals surface area contributed by atoms with E-state index in [9.17, 15) is 0 Å². The van der Waals surface area contributed by atoms with E-state index in [-0.39, 0.29) is 0 Å². The van der Waals surface area contributed by atoms with E-state index in [4.69, 9.17) is 0 Å². The van der Waals surface area contributed by atoms with Crippen molar-refractivity contribution >= 4 is 5.82 Å². The molecule has 2 aliphatic heterocycles. The first-order valence-electron chi connectivity index (χ1n) is 6.49. The average molecular weight is 232 g/mol. The van der Waals surface area contributed by atoms with Crippen LogP contribution in [0.3, 0.4) is 0 Å². The Morgan fingerprint density at radius 3 is 2.82 bits per heavy atom. The molecule has 2 saturated heterocycles. The first-order chi connectivity index (χ1) is 8.21. The van der Waals surface area contributed by atoms with Crippen LogP contribution in [-0.2, 0) is 0 Å². The van der Waals surface area contributed by atoms with E-state index in [0.29, 0.717) is 11.6 Å². The van der Waals surface area contributed by atoms with Crippen molar-refractivity contribution in [2.45, 2.75) is 38.3 Å². The van der Waals surface area contributed by atoms with Crippen molar-refractivity contribution in [1.29, 1.82) is 0 Å². The van der Waals surface area contributed by atoms with E-state index in [2.05, 4.69) is 33.6 Å². The van der Waals surface area contributed by atoms with Gasteiger partial charge in [-0.3, -0.25) is 4.90 Å². The number of aromatic nitrogens is 2. The molecule has 17 heavy (non-hydrogen) atoms. The minimum Gasteiger partial charge on any atom is -0.348 e. The molecule has 0 aromatic carbocycles. The summed E-state index contributed by atoms with van der Waals surface area (Å²) < 4.78 is 0. The van der Waals surface area contributed by atoms with Crippen LogP contribution in [0, 0.1) is 0 Å². The van der Waals surface area contributed by atoms with Gasteiger partial charge in [-0.2, -0.15) is 0 Å². The fourth-order valence-electron chi connectivity index (χ4n) is 3.14. The summed E-state index contributed by atoms with van der Waals surface area (Å²) in [5, 5.41) is 0. The third-order valence-corrected chi connectivity index (χ3v) is 4.16. The number of nitrogens with zero attached hydrogens (tertiary/aromatic N) is 4. The van der Waals surface area contributed by atoms with Gasteiger partial charge in [0.15, 0.2) is 0 Å². The Morgan fingerprint density at radius 1 is 1.35 bits per heavy atom. The molecule has 1 aromatic heterocycles. The van der Waals surface area contributed by atoms with Gasteiger partial charge in [-0.05, 0) is 32.8 Å². The molecular formula is C13H20N4. The maximum Gasteiger partial charge on any atom is 0.132 e. The number of hydrogen-bond donors (Lipinski definition) is 0. The summed E-state index contributed by atoms with van der Waals surface area (Å²) >= 11 is 0. The van der Waals surface area contributed by atoms with Crippen molar-refractivity contribution in [1.82, 2.24) is 14.9 Å². The van der Waals surface area contributed by atoms with Crippen LogP contribution in [0.1, 0.15) is 26.7 Å². The first-order valence-corrected chi connectivity index (χ1v) is 6.49. The van der Waals surface area contributed by atoms with E-state index >= 15 is 0 Å². The molecular weight excluding hydrogens is 212 g/mol. The summed E-state index contributed by atoms with van der Waals surface area (Å²) in [6.07, 6.45) is 6.09. The molecule has 92 valence electrons. The zero-order chi connectivity index (χ0) is 11.9. The summed E-state index contributed by atoms with van der Waals surface area (Å²) in [4.78, 5) is 13.4. The molecule has 0 amide bonds. The highest BCUT2D eigenvalue weighted by Crippen LogP contribution is 2.40. The lowest BCUT2D eigenvalue weighted by Crippen LogP contribution is -2.69. The summed E-state index contributed by atoms with van der Waals surface area (Å²) in [5.41, 5.74) is 0.360. The molecule has 0 radical (unpaired) electrons. The smallest absolute Gasteiger partial charge is 0.132 e. The van der Waals surface area contributed by atoms with Gasteiger partial charge >= 0.3 is 0 Å². The van der Waals surface area contributed by atoms with Crippen LogP contribution in [0.25, 0.3) is 0 Å². The van der Waals surface area contributed by atoms with Crippen molar-refractivity contribution < 1.29 is 0 Å². The topological polar surface area (TPSA) is 32.3 Å². The van der Waals surface area contributed by atoms with Crippen molar-refractivity contribution in [3.05, 3.63) is 18.6 Å². The molecule has 4 heteroatoms. The second-order valence-corrected chi connectivity index (χ2v) is 5.55. The molecule has 4 nitrogen and oxygen atoms in total. The van der Waals surface area contributed by atoms with Crippen molar-refractivity contribution in [3.63, 3.8) is 0 Å². The zero-order valence-electron chi connectivity index (χ0n) is 10.6. The Bertz CT molecular complexity index is 384. The van der Waals surface area contributed by atoms with Gasteiger partial charge in [0, 0.05) is 31.9 Å². The first kappa shape index (κ1) is 11.0. The normalized spacial score (nSPS) is 23.4. The quantitative estimate of drug-likeness (QED) is 0.774. The molecule has 0 bridgehead atoms. The zero-order valence-corrected chi connectivity index (χ0v) is 10.6. The van der Waals surface area contributed by atoms with E-state index in [0.717, 1.165) is 12.4 Å². The molecule has 1 aromatic rings. The Kier molecular flexibility index (Phi) is 2.54. The Labute approximate surface area is 103 Å². The number of likely N-dealkylation sites (tertiary alicyclic amines) is 1. The highest BCUT2D eigenvalue weighted by Gasteiger charge is 2.51. The maximum absolute atomic E-state index is 4.40. The number of rotatable bonds is 2. The molecule has 3 rings (SSSR count). The van der Waals surface area contributed by atoms with E-state index in [1.807, 2.05) is 12.3 Å². The molecule has 0 atom stereocenters. The summed E-state index contributed by atoms with van der Waals surface area (Å²) in [7, 11) is 0. The van der Waals surface area contributed by atoms with Crippen LogP contribution in [-0.4, -0.2) is 46.1 Å². The lowest BCUT2D eigenvalue weighted by atomic mass is 9.86. The van der Waals surface area contributed by atoms with Crippen LogP contribution in [0.2, 0.25) is 0 Å². The number of anilines is 1. The van der Waals surface area contributed by atoms with Gasteiger partial charge < -0.3 is 4.90 Å². The van der Waals surface area contributed by atoms with Gasteiger partial charge in [-0.25, -0.2) is 9.97 Å². The van der Waals surface area contributed by atoms with E-state index in [1.54, 1.807) is 6.33 Å². The predicted molar refractivity (Wildman–Crippen MR) is 68.1 cm³/mol. The van der Waals surface area contributed by atoms with E-state index in [1.165, 1.54) is 25.9 Å². The molecule has 2 aliphatic rings. The van der Waals surface area contributed by atoms with Crippen molar-refractivity contribution in [2.75, 3.05) is 24.5 Å². The van der Waals surface area contributed by atoms with Crippen LogP contribution in [0.15, 0.2) is 18.6 Å². The average Bonchev–Trinajstić information content (AvgIpc) is 2.72. The lowest BCUT2D eigenvalue weighted by Gasteiger charge is -2.54. The summed E-state index contributed by atoms with van der Waals surface area (Å²) in [6.45, 7) is 8.07. The molecule has 0 N–H and O–H groups in total. The third-order valence-electron chi connectivity index (χ3n) is 4.16. The van der Waals surface area contributed by atoms with Gasteiger partial charge in [0.05, 0.1) is 5.54 Å². The standard InChI is InChI=1S/C13H20N4/c1-11(2)16-8-13(9-16)5-3-7-17(13)12-4-6-14-10-15-12/h4,6,10-11H,3,5,7-9H2,1-2H3. The van der Waals surface area contributed by atoms with E-state index < -0.39 is 0 Å². The second-order valence-electron chi connectivity index (χ2n) is 5.55. The van der Waals surface area contributed by atoms with Gasteiger partial charge in [-0.15, -0.1) is 0 Å². The summed E-state index contributed by atoms with van der Waals surface area (Å²) in [6, 6.07) is 2.69. The molecule has 1 spiro atoms. The monoisotopic (exact) mass is 232 g/mol. The fraction of sp³-hybridized carbons (Fsp3) is 0.692. The summed E-state index contributed by atoms with van der Waals surface area (Å²) in [5.74, 6) is 1.10. The van der Waals surface area contributed by atoms with Gasteiger partial charge in [-0.1, -0.05) is 0 Å². The minimum atomic E-state index is 0.360. The maximum atomic E-state index is 4.40. The predicted octanol–water partition coefficient (Wildman–Crippen LogP) is 1.54. The molecule has 0 saturated carbocycles. The second kappa shape index (κ2) is 3.95. The Balaban J connectivity index is 1.78. The Hall–Kier alpha value is -1.16. The largest absolute Gasteiger partial charge is 0.348 e. The fourth-order valence-corrected chi connectivity index (χ4v) is 3.14. The SMILES string of the molecule is CC(C)N1CC2(CCCN2c2ccncn2)C1. The van der Waals surface area contributed by atoms with Crippen LogP contribution < -0.4 is 4.90 Å². The van der Waals surface area contributed by atoms with Crippen LogP contribution in [0.4, 0.5) is 5.82 Å². The molecule has 0 unspecified atom stereocenters. The Morgan fingerprint density at radius 2 is 2.18 bits per heavy atom. The highest BCUT2D eigenvalue weighted by molar-refractivity contribution is 5.44. The van der Waals surface area contributed by atoms with Gasteiger partial charge in [0.25, 0.3) is 0 Å². The minimum absolute atomic E-state index is 0.360. The molecule has 2 fully saturated rings. The highest BCUT2D eigenvalue weighted by atomic mass is 15.4.